The first-order valence-electron chi connectivity index (χ1n) is 10.3. The van der Waals surface area contributed by atoms with Crippen LogP contribution in [0.1, 0.15) is 42.1 Å². The van der Waals surface area contributed by atoms with Crippen molar-refractivity contribution >= 4 is 28.9 Å². The SMILES string of the molecule is Cc1cc(NC(=O)c2ccc(Cl)cc2)ccc1[N+]1(C2CCNC2)CCCC1C. The van der Waals surface area contributed by atoms with E-state index in [1.807, 2.05) is 0 Å². The summed E-state index contributed by atoms with van der Waals surface area (Å²) >= 11 is 5.92. The van der Waals surface area contributed by atoms with Crippen molar-refractivity contribution in [1.29, 1.82) is 0 Å². The highest BCUT2D eigenvalue weighted by molar-refractivity contribution is 6.30. The molecule has 0 saturated carbocycles. The van der Waals surface area contributed by atoms with E-state index in [0.29, 0.717) is 22.7 Å². The van der Waals surface area contributed by atoms with E-state index in [9.17, 15) is 4.79 Å². The van der Waals surface area contributed by atoms with Gasteiger partial charge in [0.05, 0.1) is 12.6 Å². The van der Waals surface area contributed by atoms with Gasteiger partial charge in [0, 0.05) is 60.3 Å². The zero-order chi connectivity index (χ0) is 19.7. The van der Waals surface area contributed by atoms with E-state index in [1.54, 1.807) is 24.3 Å². The molecular weight excluding hydrogens is 370 g/mol. The van der Waals surface area contributed by atoms with E-state index < -0.39 is 0 Å². The molecule has 0 aliphatic carbocycles. The number of carbonyl (C=O) groups excluding carboxylic acids is 1. The van der Waals surface area contributed by atoms with E-state index in [2.05, 4.69) is 42.7 Å². The van der Waals surface area contributed by atoms with Crippen LogP contribution in [-0.4, -0.2) is 37.6 Å². The van der Waals surface area contributed by atoms with E-state index >= 15 is 0 Å². The van der Waals surface area contributed by atoms with Crippen molar-refractivity contribution in [2.24, 2.45) is 0 Å². The van der Waals surface area contributed by atoms with Gasteiger partial charge in [-0.25, -0.2) is 0 Å². The third kappa shape index (κ3) is 3.45. The Morgan fingerprint density at radius 3 is 2.57 bits per heavy atom. The molecule has 2 aromatic carbocycles. The van der Waals surface area contributed by atoms with Gasteiger partial charge < -0.3 is 10.6 Å². The van der Waals surface area contributed by atoms with Gasteiger partial charge in [-0.15, -0.1) is 0 Å². The van der Waals surface area contributed by atoms with Crippen LogP contribution in [0, 0.1) is 6.92 Å². The van der Waals surface area contributed by atoms with Gasteiger partial charge in [-0.3, -0.25) is 9.28 Å². The molecule has 3 unspecified atom stereocenters. The number of amides is 1. The molecule has 2 saturated heterocycles. The summed E-state index contributed by atoms with van der Waals surface area (Å²) in [5, 5.41) is 7.22. The summed E-state index contributed by atoms with van der Waals surface area (Å²) in [6.07, 6.45) is 3.80. The zero-order valence-corrected chi connectivity index (χ0v) is 17.4. The first-order chi connectivity index (χ1) is 13.5. The molecule has 0 radical (unpaired) electrons. The molecule has 2 fully saturated rings. The average Bonchev–Trinajstić information content (AvgIpc) is 3.33. The molecule has 1 amide bonds. The monoisotopic (exact) mass is 398 g/mol. The molecule has 28 heavy (non-hydrogen) atoms. The molecule has 0 bridgehead atoms. The molecule has 148 valence electrons. The number of rotatable bonds is 4. The highest BCUT2D eigenvalue weighted by Gasteiger charge is 2.48. The number of nitrogens with zero attached hydrogens (tertiary/aromatic N) is 1. The third-order valence-corrected chi connectivity index (χ3v) is 6.88. The van der Waals surface area contributed by atoms with Crippen LogP contribution < -0.4 is 15.1 Å². The first-order valence-corrected chi connectivity index (χ1v) is 10.6. The van der Waals surface area contributed by atoms with Gasteiger partial charge in [-0.2, -0.15) is 0 Å². The molecule has 2 N–H and O–H groups in total. The van der Waals surface area contributed by atoms with Crippen LogP contribution in [-0.2, 0) is 0 Å². The van der Waals surface area contributed by atoms with Crippen molar-refractivity contribution in [3.8, 4) is 0 Å². The maximum atomic E-state index is 12.5. The van der Waals surface area contributed by atoms with Gasteiger partial charge in [-0.05, 0) is 50.2 Å². The maximum absolute atomic E-state index is 12.5. The lowest BCUT2D eigenvalue weighted by atomic mass is 10.0. The Morgan fingerprint density at radius 1 is 1.18 bits per heavy atom. The minimum atomic E-state index is -0.109. The van der Waals surface area contributed by atoms with Crippen molar-refractivity contribution in [2.45, 2.75) is 45.2 Å². The van der Waals surface area contributed by atoms with Crippen molar-refractivity contribution in [1.82, 2.24) is 9.80 Å². The summed E-state index contributed by atoms with van der Waals surface area (Å²) in [5.41, 5.74) is 4.13. The largest absolute Gasteiger partial charge is 0.322 e. The highest BCUT2D eigenvalue weighted by atomic mass is 35.5. The smallest absolute Gasteiger partial charge is 0.255 e. The van der Waals surface area contributed by atoms with Crippen molar-refractivity contribution in [2.75, 3.05) is 25.0 Å². The van der Waals surface area contributed by atoms with Gasteiger partial charge in [0.15, 0.2) is 0 Å². The molecule has 4 nitrogen and oxygen atoms in total. The number of halogens is 1. The van der Waals surface area contributed by atoms with E-state index in [4.69, 9.17) is 11.6 Å². The fraction of sp³-hybridized carbons (Fsp3) is 0.435. The second-order valence-corrected chi connectivity index (χ2v) is 8.69. The highest BCUT2D eigenvalue weighted by Crippen LogP contribution is 2.41. The number of anilines is 1. The standard InChI is InChI=1S/C23H28ClN3O/c1-16-14-20(26-23(28)18-5-7-19(24)8-6-18)9-10-22(16)27(13-3-4-17(27)2)21-11-12-25-15-21/h5-10,14,17,21,25H,3-4,11-13,15H2,1-2H3/p+1. The fourth-order valence-corrected chi connectivity index (χ4v) is 5.36. The Kier molecular flexibility index (Phi) is 5.46. The lowest BCUT2D eigenvalue weighted by Gasteiger charge is -2.44. The first kappa shape index (κ1) is 19.4. The van der Waals surface area contributed by atoms with Crippen LogP contribution in [0.25, 0.3) is 0 Å². The summed E-state index contributed by atoms with van der Waals surface area (Å²) in [7, 11) is 0. The maximum Gasteiger partial charge on any atom is 0.255 e. The molecule has 5 heteroatoms. The van der Waals surface area contributed by atoms with Gasteiger partial charge in [-0.1, -0.05) is 11.6 Å². The second kappa shape index (κ2) is 7.86. The lowest BCUT2D eigenvalue weighted by Crippen LogP contribution is -2.60. The minimum Gasteiger partial charge on any atom is -0.322 e. The normalized spacial score (nSPS) is 27.1. The number of likely N-dealkylation sites (tertiary alicyclic amines) is 1. The van der Waals surface area contributed by atoms with Crippen LogP contribution in [0.2, 0.25) is 5.02 Å². The summed E-state index contributed by atoms with van der Waals surface area (Å²) < 4.78 is 1.09. The predicted octanol–water partition coefficient (Wildman–Crippen LogP) is 4.75. The van der Waals surface area contributed by atoms with E-state index in [1.165, 1.54) is 37.1 Å². The summed E-state index contributed by atoms with van der Waals surface area (Å²) in [6.45, 7) is 8.01. The molecule has 2 heterocycles. The quantitative estimate of drug-likeness (QED) is 0.729. The number of nitrogens with one attached hydrogen (secondary N) is 2. The fourth-order valence-electron chi connectivity index (χ4n) is 5.23. The zero-order valence-electron chi connectivity index (χ0n) is 16.7. The van der Waals surface area contributed by atoms with Crippen molar-refractivity contribution in [3.63, 3.8) is 0 Å². The van der Waals surface area contributed by atoms with Crippen LogP contribution in [0.5, 0.6) is 0 Å². The number of hydrogen-bond donors (Lipinski definition) is 2. The molecule has 3 atom stereocenters. The van der Waals surface area contributed by atoms with Gasteiger partial charge in [0.1, 0.15) is 11.7 Å². The predicted molar refractivity (Wildman–Crippen MR) is 117 cm³/mol. The molecular formula is C23H29ClN3O+. The van der Waals surface area contributed by atoms with E-state index in [0.717, 1.165) is 23.3 Å². The Labute approximate surface area is 172 Å². The molecule has 0 aromatic heterocycles. The summed E-state index contributed by atoms with van der Waals surface area (Å²) in [4.78, 5) is 12.5. The summed E-state index contributed by atoms with van der Waals surface area (Å²) in [6, 6.07) is 14.7. The number of carbonyl (C=O) groups is 1. The third-order valence-electron chi connectivity index (χ3n) is 6.63. The molecule has 0 spiro atoms. The second-order valence-electron chi connectivity index (χ2n) is 8.25. The molecule has 2 aliphatic heterocycles. The van der Waals surface area contributed by atoms with Gasteiger partial charge >= 0.3 is 0 Å². The molecule has 2 aromatic rings. The lowest BCUT2D eigenvalue weighted by molar-refractivity contribution is 0.102. The van der Waals surface area contributed by atoms with Crippen LogP contribution in [0.15, 0.2) is 42.5 Å². The Balaban J connectivity index is 1.60. The Bertz CT molecular complexity index is 861. The van der Waals surface area contributed by atoms with Crippen LogP contribution in [0.3, 0.4) is 0 Å². The Hall–Kier alpha value is -1.88. The Morgan fingerprint density at radius 2 is 1.96 bits per heavy atom. The van der Waals surface area contributed by atoms with E-state index in [-0.39, 0.29) is 5.91 Å². The number of hydrogen-bond acceptors (Lipinski definition) is 2. The van der Waals surface area contributed by atoms with Crippen LogP contribution in [0.4, 0.5) is 11.4 Å². The van der Waals surface area contributed by atoms with Gasteiger partial charge in [0.25, 0.3) is 5.91 Å². The van der Waals surface area contributed by atoms with Gasteiger partial charge in [0.2, 0.25) is 0 Å². The number of benzene rings is 2. The molecule has 2 aliphatic rings. The van der Waals surface area contributed by atoms with Crippen molar-refractivity contribution in [3.05, 3.63) is 58.6 Å². The number of aryl methyl sites for hydroxylation is 1. The molecule has 4 rings (SSSR count). The van der Waals surface area contributed by atoms with Crippen molar-refractivity contribution < 1.29 is 4.79 Å². The topological polar surface area (TPSA) is 41.1 Å². The average molecular weight is 399 g/mol. The van der Waals surface area contributed by atoms with Crippen LogP contribution >= 0.6 is 11.6 Å². The summed E-state index contributed by atoms with van der Waals surface area (Å²) in [5.74, 6) is -0.109. The number of quaternary nitrogens is 1. The minimum absolute atomic E-state index is 0.109.